The molecule has 0 saturated heterocycles. The third kappa shape index (κ3) is 4.42. The fourth-order valence-corrected chi connectivity index (χ4v) is 2.57. The van der Waals surface area contributed by atoms with Gasteiger partial charge < -0.3 is 9.47 Å². The van der Waals surface area contributed by atoms with Crippen LogP contribution in [0.2, 0.25) is 0 Å². The molecule has 0 aliphatic carbocycles. The van der Waals surface area contributed by atoms with E-state index < -0.39 is 5.97 Å². The van der Waals surface area contributed by atoms with Crippen molar-refractivity contribution >= 4 is 17.6 Å². The van der Waals surface area contributed by atoms with Gasteiger partial charge in [0, 0.05) is 0 Å². The molecule has 3 aromatic rings. The van der Waals surface area contributed by atoms with E-state index in [1.54, 1.807) is 54.6 Å². The number of carbonyl (C=O) groups is 1. The molecule has 4 heteroatoms. The van der Waals surface area contributed by atoms with Crippen molar-refractivity contribution in [2.45, 2.75) is 0 Å². The van der Waals surface area contributed by atoms with Crippen molar-refractivity contribution in [2.75, 3.05) is 7.11 Å². The van der Waals surface area contributed by atoms with E-state index in [1.807, 2.05) is 30.3 Å². The first-order valence-electron chi connectivity index (χ1n) is 8.34. The molecule has 0 amide bonds. The van der Waals surface area contributed by atoms with Gasteiger partial charge in [0.15, 0.2) is 0 Å². The van der Waals surface area contributed by atoms with Gasteiger partial charge in [0.2, 0.25) is 0 Å². The van der Waals surface area contributed by atoms with Crippen LogP contribution in [0.5, 0.6) is 11.5 Å². The highest BCUT2D eigenvalue weighted by molar-refractivity contribution is 5.94. The lowest BCUT2D eigenvalue weighted by atomic mass is 10.0. The van der Waals surface area contributed by atoms with Crippen LogP contribution in [0.3, 0.4) is 0 Å². The number of allylic oxidation sites excluding steroid dienone is 1. The van der Waals surface area contributed by atoms with E-state index in [1.165, 1.54) is 7.11 Å². The lowest BCUT2D eigenvalue weighted by molar-refractivity contribution is 0.0731. The predicted octanol–water partition coefficient (Wildman–Crippen LogP) is 4.98. The van der Waals surface area contributed by atoms with Crippen LogP contribution >= 0.6 is 0 Å². The summed E-state index contributed by atoms with van der Waals surface area (Å²) in [6.45, 7) is 0. The zero-order valence-corrected chi connectivity index (χ0v) is 14.8. The molecular weight excluding hydrogens is 338 g/mol. The van der Waals surface area contributed by atoms with Crippen molar-refractivity contribution in [3.05, 3.63) is 95.6 Å². The van der Waals surface area contributed by atoms with Crippen molar-refractivity contribution < 1.29 is 14.3 Å². The topological polar surface area (TPSA) is 59.3 Å². The van der Waals surface area contributed by atoms with Crippen molar-refractivity contribution in [1.82, 2.24) is 0 Å². The molecule has 0 saturated carbocycles. The van der Waals surface area contributed by atoms with Gasteiger partial charge in [0.1, 0.15) is 17.1 Å². The molecule has 0 aliphatic heterocycles. The molecule has 0 spiro atoms. The summed E-state index contributed by atoms with van der Waals surface area (Å²) in [5, 5.41) is 9.39. The monoisotopic (exact) mass is 355 g/mol. The molecule has 0 aromatic heterocycles. The fourth-order valence-electron chi connectivity index (χ4n) is 2.57. The van der Waals surface area contributed by atoms with Crippen LogP contribution in [-0.4, -0.2) is 13.1 Å². The van der Waals surface area contributed by atoms with Crippen LogP contribution in [0.4, 0.5) is 0 Å². The maximum atomic E-state index is 12.3. The van der Waals surface area contributed by atoms with Crippen LogP contribution in [0.25, 0.3) is 11.6 Å². The summed E-state index contributed by atoms with van der Waals surface area (Å²) in [6, 6.07) is 25.5. The average Bonchev–Trinajstić information content (AvgIpc) is 2.73. The van der Waals surface area contributed by atoms with Gasteiger partial charge in [-0.1, -0.05) is 54.6 Å². The average molecular weight is 355 g/mol. The van der Waals surface area contributed by atoms with Crippen molar-refractivity contribution in [3.8, 4) is 17.6 Å². The molecule has 0 fully saturated rings. The van der Waals surface area contributed by atoms with Gasteiger partial charge in [-0.25, -0.2) is 4.79 Å². The van der Waals surface area contributed by atoms with Gasteiger partial charge in [0.05, 0.1) is 18.8 Å². The smallest absolute Gasteiger partial charge is 0.347 e. The molecule has 3 rings (SSSR count). The maximum Gasteiger partial charge on any atom is 0.347 e. The first-order chi connectivity index (χ1) is 13.2. The highest BCUT2D eigenvalue weighted by Gasteiger charge is 2.13. The Labute approximate surface area is 157 Å². The third-order valence-electron chi connectivity index (χ3n) is 3.93. The molecule has 0 bridgehead atoms. The highest BCUT2D eigenvalue weighted by atomic mass is 16.5. The first-order valence-corrected chi connectivity index (χ1v) is 8.34. The van der Waals surface area contributed by atoms with Crippen molar-refractivity contribution in [1.29, 1.82) is 5.26 Å². The summed E-state index contributed by atoms with van der Waals surface area (Å²) in [5.41, 5.74) is 2.62. The standard InChI is InChI=1S/C23H17NO3/c1-26-22-10-6-5-9-21(22)23(25)27-20-13-11-17(12-14-20)15-19(16-24)18-7-3-2-4-8-18/h2-15H,1H3/b19-15-. The molecule has 0 radical (unpaired) electrons. The van der Waals surface area contributed by atoms with Crippen LogP contribution in [-0.2, 0) is 0 Å². The van der Waals surface area contributed by atoms with Gasteiger partial charge in [-0.05, 0) is 41.5 Å². The maximum absolute atomic E-state index is 12.3. The van der Waals surface area contributed by atoms with Gasteiger partial charge in [0.25, 0.3) is 0 Å². The van der Waals surface area contributed by atoms with Crippen LogP contribution in [0.1, 0.15) is 21.5 Å². The molecule has 0 unspecified atom stereocenters. The Morgan fingerprint density at radius 3 is 2.26 bits per heavy atom. The predicted molar refractivity (Wildman–Crippen MR) is 104 cm³/mol. The highest BCUT2D eigenvalue weighted by Crippen LogP contribution is 2.22. The zero-order chi connectivity index (χ0) is 19.1. The lowest BCUT2D eigenvalue weighted by Crippen LogP contribution is -2.09. The van der Waals surface area contributed by atoms with Crippen molar-refractivity contribution in [3.63, 3.8) is 0 Å². The SMILES string of the molecule is COc1ccccc1C(=O)Oc1ccc(/C=C(/C#N)c2ccccc2)cc1. The Balaban J connectivity index is 1.77. The molecular formula is C23H17NO3. The van der Waals surface area contributed by atoms with Gasteiger partial charge in [-0.3, -0.25) is 0 Å². The van der Waals surface area contributed by atoms with Crippen LogP contribution in [0.15, 0.2) is 78.9 Å². The lowest BCUT2D eigenvalue weighted by Gasteiger charge is -2.08. The Morgan fingerprint density at radius 1 is 0.926 bits per heavy atom. The molecule has 0 aliphatic rings. The minimum Gasteiger partial charge on any atom is -0.496 e. The largest absolute Gasteiger partial charge is 0.496 e. The molecule has 3 aromatic carbocycles. The number of nitriles is 1. The van der Waals surface area contributed by atoms with E-state index in [4.69, 9.17) is 9.47 Å². The normalized spacial score (nSPS) is 10.7. The van der Waals surface area contributed by atoms with E-state index in [-0.39, 0.29) is 0 Å². The number of rotatable bonds is 5. The van der Waals surface area contributed by atoms with E-state index in [0.717, 1.165) is 11.1 Å². The summed E-state index contributed by atoms with van der Waals surface area (Å²) in [7, 11) is 1.51. The Morgan fingerprint density at radius 2 is 1.59 bits per heavy atom. The number of esters is 1. The quantitative estimate of drug-likeness (QED) is 0.280. The first kappa shape index (κ1) is 18.0. The van der Waals surface area contributed by atoms with Gasteiger partial charge in [-0.2, -0.15) is 5.26 Å². The molecule has 4 nitrogen and oxygen atoms in total. The summed E-state index contributed by atoms with van der Waals surface area (Å²) in [6.07, 6.45) is 1.79. The van der Waals surface area contributed by atoms with E-state index in [9.17, 15) is 10.1 Å². The number of methoxy groups -OCH3 is 1. The minimum atomic E-state index is -0.488. The Hall–Kier alpha value is -3.84. The minimum absolute atomic E-state index is 0.361. The summed E-state index contributed by atoms with van der Waals surface area (Å²) in [5.74, 6) is 0.391. The number of hydrogen-bond acceptors (Lipinski definition) is 4. The van der Waals surface area contributed by atoms with E-state index in [0.29, 0.717) is 22.6 Å². The number of benzene rings is 3. The zero-order valence-electron chi connectivity index (χ0n) is 14.8. The number of hydrogen-bond donors (Lipinski definition) is 0. The second-order valence-electron chi connectivity index (χ2n) is 5.69. The Kier molecular flexibility index (Phi) is 5.66. The fraction of sp³-hybridized carbons (Fsp3) is 0.0435. The number of ether oxygens (including phenoxy) is 2. The molecule has 0 heterocycles. The second kappa shape index (κ2) is 8.50. The third-order valence-corrected chi connectivity index (χ3v) is 3.93. The second-order valence-corrected chi connectivity index (χ2v) is 5.69. The number of nitrogens with zero attached hydrogens (tertiary/aromatic N) is 1. The summed E-state index contributed by atoms with van der Waals surface area (Å²) < 4.78 is 10.6. The summed E-state index contributed by atoms with van der Waals surface area (Å²) >= 11 is 0. The number of para-hydroxylation sites is 1. The van der Waals surface area contributed by atoms with Gasteiger partial charge >= 0.3 is 5.97 Å². The molecule has 0 N–H and O–H groups in total. The molecule has 132 valence electrons. The van der Waals surface area contributed by atoms with Crippen LogP contribution in [0, 0.1) is 11.3 Å². The van der Waals surface area contributed by atoms with E-state index >= 15 is 0 Å². The molecule has 0 atom stereocenters. The van der Waals surface area contributed by atoms with Crippen LogP contribution < -0.4 is 9.47 Å². The number of carbonyl (C=O) groups excluding carboxylic acids is 1. The van der Waals surface area contributed by atoms with Crippen molar-refractivity contribution in [2.24, 2.45) is 0 Å². The van der Waals surface area contributed by atoms with Gasteiger partial charge in [-0.15, -0.1) is 0 Å². The summed E-state index contributed by atoms with van der Waals surface area (Å²) in [4.78, 5) is 12.3. The molecule has 27 heavy (non-hydrogen) atoms. The van der Waals surface area contributed by atoms with E-state index in [2.05, 4.69) is 6.07 Å². The Bertz CT molecular complexity index is 1000.